The van der Waals surface area contributed by atoms with Crippen LogP contribution in [0.1, 0.15) is 18.3 Å². The number of aromatic nitrogens is 3. The second-order valence-corrected chi connectivity index (χ2v) is 5.11. The number of nitrogens with zero attached hydrogens (tertiary/aromatic N) is 3. The number of rotatable bonds is 5. The Labute approximate surface area is 115 Å². The summed E-state index contributed by atoms with van der Waals surface area (Å²) >= 11 is 3.54. The molecule has 0 bridgehead atoms. The van der Waals surface area contributed by atoms with Gasteiger partial charge in [0.15, 0.2) is 0 Å². The third-order valence-corrected chi connectivity index (χ3v) is 3.65. The SMILES string of the molecule is CCn1ncnc1CC(N)Cc1ccccc1Br. The van der Waals surface area contributed by atoms with Crippen LogP contribution in [0.25, 0.3) is 0 Å². The summed E-state index contributed by atoms with van der Waals surface area (Å²) in [5.41, 5.74) is 7.42. The van der Waals surface area contributed by atoms with E-state index in [0.29, 0.717) is 0 Å². The van der Waals surface area contributed by atoms with Crippen molar-refractivity contribution in [2.24, 2.45) is 5.73 Å². The summed E-state index contributed by atoms with van der Waals surface area (Å²) < 4.78 is 3.00. The average molecular weight is 309 g/mol. The fourth-order valence-electron chi connectivity index (χ4n) is 1.96. The molecule has 2 aromatic rings. The van der Waals surface area contributed by atoms with E-state index >= 15 is 0 Å². The summed E-state index contributed by atoms with van der Waals surface area (Å²) in [6.45, 7) is 2.88. The topological polar surface area (TPSA) is 56.7 Å². The molecule has 1 atom stereocenters. The van der Waals surface area contributed by atoms with Gasteiger partial charge in [-0.3, -0.25) is 4.68 Å². The smallest absolute Gasteiger partial charge is 0.138 e. The van der Waals surface area contributed by atoms with Gasteiger partial charge in [-0.25, -0.2) is 4.98 Å². The third kappa shape index (κ3) is 3.17. The second kappa shape index (κ2) is 6.11. The maximum Gasteiger partial charge on any atom is 0.138 e. The molecule has 0 aliphatic heterocycles. The van der Waals surface area contributed by atoms with Crippen LogP contribution >= 0.6 is 15.9 Å². The molecule has 5 heteroatoms. The molecule has 0 spiro atoms. The average Bonchev–Trinajstić information content (AvgIpc) is 2.79. The van der Waals surface area contributed by atoms with Crippen molar-refractivity contribution < 1.29 is 0 Å². The van der Waals surface area contributed by atoms with Gasteiger partial charge in [0.25, 0.3) is 0 Å². The predicted octanol–water partition coefficient (Wildman–Crippen LogP) is 2.17. The highest BCUT2D eigenvalue weighted by atomic mass is 79.9. The van der Waals surface area contributed by atoms with Crippen LogP contribution in [0.4, 0.5) is 0 Å². The van der Waals surface area contributed by atoms with Crippen LogP contribution in [0, 0.1) is 0 Å². The zero-order valence-corrected chi connectivity index (χ0v) is 12.0. The molecule has 0 amide bonds. The van der Waals surface area contributed by atoms with Crippen LogP contribution < -0.4 is 5.73 Å². The minimum absolute atomic E-state index is 0.0539. The molecule has 1 unspecified atom stereocenters. The fraction of sp³-hybridized carbons (Fsp3) is 0.385. The van der Waals surface area contributed by atoms with Crippen LogP contribution in [-0.4, -0.2) is 20.8 Å². The second-order valence-electron chi connectivity index (χ2n) is 4.25. The molecule has 18 heavy (non-hydrogen) atoms. The van der Waals surface area contributed by atoms with Crippen molar-refractivity contribution in [3.8, 4) is 0 Å². The maximum absolute atomic E-state index is 6.19. The lowest BCUT2D eigenvalue weighted by Gasteiger charge is -2.12. The van der Waals surface area contributed by atoms with E-state index in [0.717, 1.165) is 29.7 Å². The van der Waals surface area contributed by atoms with Gasteiger partial charge >= 0.3 is 0 Å². The van der Waals surface area contributed by atoms with Crippen molar-refractivity contribution in [1.82, 2.24) is 14.8 Å². The highest BCUT2D eigenvalue weighted by molar-refractivity contribution is 9.10. The number of hydrogen-bond donors (Lipinski definition) is 1. The lowest BCUT2D eigenvalue weighted by Crippen LogP contribution is -2.27. The monoisotopic (exact) mass is 308 g/mol. The molecule has 1 aromatic heterocycles. The minimum Gasteiger partial charge on any atom is -0.327 e. The van der Waals surface area contributed by atoms with Crippen molar-refractivity contribution in [3.63, 3.8) is 0 Å². The van der Waals surface area contributed by atoms with Crippen molar-refractivity contribution >= 4 is 15.9 Å². The molecule has 0 fully saturated rings. The maximum atomic E-state index is 6.19. The minimum atomic E-state index is 0.0539. The van der Waals surface area contributed by atoms with Crippen LogP contribution in [0.5, 0.6) is 0 Å². The summed E-state index contributed by atoms with van der Waals surface area (Å²) in [4.78, 5) is 4.25. The zero-order valence-electron chi connectivity index (χ0n) is 10.4. The Kier molecular flexibility index (Phi) is 4.49. The lowest BCUT2D eigenvalue weighted by molar-refractivity contribution is 0.567. The van der Waals surface area contributed by atoms with E-state index in [-0.39, 0.29) is 6.04 Å². The van der Waals surface area contributed by atoms with Gasteiger partial charge in [-0.2, -0.15) is 5.10 Å². The van der Waals surface area contributed by atoms with E-state index in [9.17, 15) is 0 Å². The van der Waals surface area contributed by atoms with Crippen LogP contribution in [0.15, 0.2) is 35.1 Å². The van der Waals surface area contributed by atoms with Crippen LogP contribution in [0.3, 0.4) is 0 Å². The van der Waals surface area contributed by atoms with Gasteiger partial charge in [0.2, 0.25) is 0 Å². The summed E-state index contributed by atoms with van der Waals surface area (Å²) in [6.07, 6.45) is 3.16. The fourth-order valence-corrected chi connectivity index (χ4v) is 2.41. The normalized spacial score (nSPS) is 12.6. The van der Waals surface area contributed by atoms with Gasteiger partial charge in [-0.05, 0) is 25.0 Å². The van der Waals surface area contributed by atoms with E-state index in [1.165, 1.54) is 5.56 Å². The Bertz CT molecular complexity index is 509. The summed E-state index contributed by atoms with van der Waals surface area (Å²) in [5.74, 6) is 0.956. The first-order chi connectivity index (χ1) is 8.70. The number of aryl methyl sites for hydroxylation is 1. The summed E-state index contributed by atoms with van der Waals surface area (Å²) in [7, 11) is 0. The van der Waals surface area contributed by atoms with Crippen molar-refractivity contribution in [2.75, 3.05) is 0 Å². The molecular weight excluding hydrogens is 292 g/mol. The first-order valence-electron chi connectivity index (χ1n) is 6.06. The molecule has 1 heterocycles. The van der Waals surface area contributed by atoms with Gasteiger partial charge < -0.3 is 5.73 Å². The Hall–Kier alpha value is -1.20. The molecule has 96 valence electrons. The number of hydrogen-bond acceptors (Lipinski definition) is 3. The van der Waals surface area contributed by atoms with E-state index in [1.807, 2.05) is 22.9 Å². The van der Waals surface area contributed by atoms with Crippen molar-refractivity contribution in [2.45, 2.75) is 32.4 Å². The highest BCUT2D eigenvalue weighted by Gasteiger charge is 2.11. The predicted molar refractivity (Wildman–Crippen MR) is 75.2 cm³/mol. The highest BCUT2D eigenvalue weighted by Crippen LogP contribution is 2.17. The van der Waals surface area contributed by atoms with Crippen molar-refractivity contribution in [1.29, 1.82) is 0 Å². The van der Waals surface area contributed by atoms with E-state index in [4.69, 9.17) is 5.73 Å². The summed E-state index contributed by atoms with van der Waals surface area (Å²) in [5, 5.41) is 4.15. The van der Waals surface area contributed by atoms with Gasteiger partial charge in [0.1, 0.15) is 12.2 Å². The third-order valence-electron chi connectivity index (χ3n) is 2.88. The molecule has 1 aromatic carbocycles. The van der Waals surface area contributed by atoms with Crippen LogP contribution in [0.2, 0.25) is 0 Å². The number of halogens is 1. The molecule has 0 saturated carbocycles. The molecule has 2 N–H and O–H groups in total. The standard InChI is InChI=1S/C13H17BrN4/c1-2-18-13(16-9-17-18)8-11(15)7-10-5-3-4-6-12(10)14/h3-6,9,11H,2,7-8,15H2,1H3. The van der Waals surface area contributed by atoms with E-state index < -0.39 is 0 Å². The van der Waals surface area contributed by atoms with E-state index in [1.54, 1.807) is 6.33 Å². The number of nitrogens with two attached hydrogens (primary N) is 1. The molecule has 4 nitrogen and oxygen atoms in total. The first kappa shape index (κ1) is 13.2. The summed E-state index contributed by atoms with van der Waals surface area (Å²) in [6, 6.07) is 8.22. The largest absolute Gasteiger partial charge is 0.327 e. The Morgan fingerprint density at radius 2 is 2.11 bits per heavy atom. The van der Waals surface area contributed by atoms with E-state index in [2.05, 4.69) is 39.0 Å². The number of benzene rings is 1. The Morgan fingerprint density at radius 3 is 2.83 bits per heavy atom. The quantitative estimate of drug-likeness (QED) is 0.921. The molecule has 0 aliphatic rings. The van der Waals surface area contributed by atoms with Gasteiger partial charge in [0, 0.05) is 23.5 Å². The van der Waals surface area contributed by atoms with Crippen LogP contribution in [-0.2, 0) is 19.4 Å². The molecule has 2 rings (SSSR count). The first-order valence-corrected chi connectivity index (χ1v) is 6.85. The Balaban J connectivity index is 2.01. The van der Waals surface area contributed by atoms with Gasteiger partial charge in [-0.15, -0.1) is 0 Å². The Morgan fingerprint density at radius 1 is 1.33 bits per heavy atom. The van der Waals surface area contributed by atoms with Gasteiger partial charge in [-0.1, -0.05) is 34.1 Å². The van der Waals surface area contributed by atoms with Crippen molar-refractivity contribution in [3.05, 3.63) is 46.5 Å². The lowest BCUT2D eigenvalue weighted by atomic mass is 10.0. The molecule has 0 saturated heterocycles. The molecule has 0 radical (unpaired) electrons. The van der Waals surface area contributed by atoms with Gasteiger partial charge in [0.05, 0.1) is 0 Å². The zero-order chi connectivity index (χ0) is 13.0. The molecule has 0 aliphatic carbocycles. The molecular formula is C13H17BrN4.